The quantitative estimate of drug-likeness (QED) is 0.644. The van der Waals surface area contributed by atoms with Crippen LogP contribution in [0.25, 0.3) is 0 Å². The van der Waals surface area contributed by atoms with Gasteiger partial charge in [-0.15, -0.1) is 0 Å². The molecule has 1 heterocycles. The molecule has 0 aliphatic rings. The Morgan fingerprint density at radius 3 is 2.67 bits per heavy atom. The number of halogens is 1. The molecule has 0 unspecified atom stereocenters. The lowest BCUT2D eigenvalue weighted by Gasteiger charge is -2.09. The number of hydrogen-bond acceptors (Lipinski definition) is 5. The zero-order valence-electron chi connectivity index (χ0n) is 10.1. The van der Waals surface area contributed by atoms with Crippen molar-refractivity contribution in [3.05, 3.63) is 41.5 Å². The number of nitrogens with zero attached hydrogens (tertiary/aromatic N) is 2. The van der Waals surface area contributed by atoms with E-state index in [1.54, 1.807) is 26.0 Å². The van der Waals surface area contributed by atoms with E-state index in [1.807, 2.05) is 0 Å². The van der Waals surface area contributed by atoms with Gasteiger partial charge in [0, 0.05) is 6.07 Å². The number of ether oxygens (including phenoxy) is 1. The Hall–Kier alpha value is -2.21. The molecule has 1 aromatic carbocycles. The molecule has 0 saturated heterocycles. The number of benzene rings is 1. The van der Waals surface area contributed by atoms with Gasteiger partial charge in [0.25, 0.3) is 0 Å². The average molecular weight is 248 g/mol. The first-order valence-corrected chi connectivity index (χ1v) is 5.35. The molecule has 0 amide bonds. The third-order valence-electron chi connectivity index (χ3n) is 2.31. The number of hydrogen-bond donors (Lipinski definition) is 2. The van der Waals surface area contributed by atoms with Crippen molar-refractivity contribution in [3.8, 4) is 11.6 Å². The molecule has 1 aromatic heterocycles. The van der Waals surface area contributed by atoms with E-state index >= 15 is 0 Å². The molecule has 2 aromatic rings. The van der Waals surface area contributed by atoms with Gasteiger partial charge in [0.2, 0.25) is 5.88 Å². The molecule has 2 rings (SSSR count). The summed E-state index contributed by atoms with van der Waals surface area (Å²) in [6, 6.07) is 5.84. The predicted octanol–water partition coefficient (Wildman–Crippen LogP) is 2.31. The van der Waals surface area contributed by atoms with Gasteiger partial charge in [0.1, 0.15) is 23.2 Å². The molecule has 3 N–H and O–H groups in total. The normalized spacial score (nSPS) is 10.2. The number of aromatic nitrogens is 2. The smallest absolute Gasteiger partial charge is 0.224 e. The molecule has 0 radical (unpaired) electrons. The first kappa shape index (κ1) is 12.3. The van der Waals surface area contributed by atoms with E-state index in [4.69, 9.17) is 10.6 Å². The Morgan fingerprint density at radius 1 is 1.22 bits per heavy atom. The third kappa shape index (κ3) is 2.72. The van der Waals surface area contributed by atoms with E-state index in [9.17, 15) is 4.39 Å². The first-order chi connectivity index (χ1) is 8.58. The molecule has 94 valence electrons. The van der Waals surface area contributed by atoms with Crippen LogP contribution in [0, 0.1) is 19.7 Å². The largest absolute Gasteiger partial charge is 0.439 e. The van der Waals surface area contributed by atoms with E-state index in [1.165, 1.54) is 12.1 Å². The van der Waals surface area contributed by atoms with Crippen LogP contribution in [0.1, 0.15) is 11.4 Å². The molecule has 6 heteroatoms. The molecule has 0 bridgehead atoms. The molecule has 0 atom stereocenters. The Balaban J connectivity index is 2.30. The van der Waals surface area contributed by atoms with Crippen LogP contribution in [0.5, 0.6) is 11.6 Å². The highest BCUT2D eigenvalue weighted by Gasteiger charge is 2.06. The van der Waals surface area contributed by atoms with Crippen molar-refractivity contribution in [1.29, 1.82) is 0 Å². The highest BCUT2D eigenvalue weighted by Crippen LogP contribution is 2.25. The first-order valence-electron chi connectivity index (χ1n) is 5.35. The van der Waals surface area contributed by atoms with Crippen molar-refractivity contribution in [1.82, 2.24) is 9.97 Å². The molecule has 0 fully saturated rings. The van der Waals surface area contributed by atoms with Crippen molar-refractivity contribution in [2.45, 2.75) is 13.8 Å². The topological polar surface area (TPSA) is 73.1 Å². The number of rotatable bonds is 3. The summed E-state index contributed by atoms with van der Waals surface area (Å²) in [6.07, 6.45) is 0. The lowest BCUT2D eigenvalue weighted by atomic mass is 10.2. The molecule has 0 saturated carbocycles. The highest BCUT2D eigenvalue weighted by atomic mass is 19.1. The number of hydrazine groups is 1. The van der Waals surface area contributed by atoms with Gasteiger partial charge in [-0.25, -0.2) is 15.2 Å². The number of nitrogens with two attached hydrogens (primary N) is 1. The molecule has 0 aliphatic carbocycles. The monoisotopic (exact) mass is 248 g/mol. The molecular formula is C12H13FN4O. The molecule has 18 heavy (non-hydrogen) atoms. The highest BCUT2D eigenvalue weighted by molar-refractivity contribution is 5.40. The standard InChI is InChI=1S/C12H13FN4O/c1-7-5-9(13)3-4-10(7)18-12-6-11(17-14)15-8(2)16-12/h3-6H,14H2,1-2H3,(H,15,16,17). The summed E-state index contributed by atoms with van der Waals surface area (Å²) < 4.78 is 18.5. The average Bonchev–Trinajstić information content (AvgIpc) is 2.32. The number of anilines is 1. The van der Waals surface area contributed by atoms with Gasteiger partial charge < -0.3 is 10.2 Å². The van der Waals surface area contributed by atoms with Crippen molar-refractivity contribution in [3.63, 3.8) is 0 Å². The van der Waals surface area contributed by atoms with Crippen molar-refractivity contribution < 1.29 is 9.13 Å². The maximum atomic E-state index is 13.0. The van der Waals surface area contributed by atoms with Gasteiger partial charge in [-0.05, 0) is 37.6 Å². The molecular weight excluding hydrogens is 235 g/mol. The summed E-state index contributed by atoms with van der Waals surface area (Å²) in [5.74, 6) is 6.86. The van der Waals surface area contributed by atoms with Crippen LogP contribution in [-0.2, 0) is 0 Å². The summed E-state index contributed by atoms with van der Waals surface area (Å²) in [4.78, 5) is 8.16. The minimum Gasteiger partial charge on any atom is -0.439 e. The SMILES string of the molecule is Cc1nc(NN)cc(Oc2ccc(F)cc2C)n1. The van der Waals surface area contributed by atoms with Crippen molar-refractivity contribution in [2.75, 3.05) is 5.43 Å². The summed E-state index contributed by atoms with van der Waals surface area (Å²) in [6.45, 7) is 3.49. The van der Waals surface area contributed by atoms with Gasteiger partial charge in [-0.2, -0.15) is 4.98 Å². The Labute approximate surface area is 104 Å². The van der Waals surface area contributed by atoms with Crippen LogP contribution in [0.2, 0.25) is 0 Å². The van der Waals surface area contributed by atoms with Gasteiger partial charge in [-0.1, -0.05) is 0 Å². The van der Waals surface area contributed by atoms with Crippen molar-refractivity contribution in [2.24, 2.45) is 5.84 Å². The van der Waals surface area contributed by atoms with Crippen LogP contribution in [0.3, 0.4) is 0 Å². The maximum Gasteiger partial charge on any atom is 0.224 e. The fraction of sp³-hybridized carbons (Fsp3) is 0.167. The van der Waals surface area contributed by atoms with E-state index in [2.05, 4.69) is 15.4 Å². The Kier molecular flexibility index (Phi) is 3.38. The van der Waals surface area contributed by atoms with Crippen LogP contribution >= 0.6 is 0 Å². The lowest BCUT2D eigenvalue weighted by molar-refractivity contribution is 0.455. The summed E-state index contributed by atoms with van der Waals surface area (Å²) in [5.41, 5.74) is 3.12. The third-order valence-corrected chi connectivity index (χ3v) is 2.31. The Morgan fingerprint density at radius 2 is 2.00 bits per heavy atom. The van der Waals surface area contributed by atoms with Crippen molar-refractivity contribution >= 4 is 5.82 Å². The van der Waals surface area contributed by atoms with Gasteiger partial charge in [0.05, 0.1) is 0 Å². The second kappa shape index (κ2) is 4.97. The molecule has 0 spiro atoms. The van der Waals surface area contributed by atoms with E-state index in [0.29, 0.717) is 28.8 Å². The zero-order chi connectivity index (χ0) is 13.1. The fourth-order valence-corrected chi connectivity index (χ4v) is 1.51. The summed E-state index contributed by atoms with van der Waals surface area (Å²) in [5, 5.41) is 0. The van der Waals surface area contributed by atoms with E-state index < -0.39 is 0 Å². The van der Waals surface area contributed by atoms with Gasteiger partial charge in [-0.3, -0.25) is 0 Å². The molecule has 5 nitrogen and oxygen atoms in total. The summed E-state index contributed by atoms with van der Waals surface area (Å²) >= 11 is 0. The minimum atomic E-state index is -0.303. The van der Waals surface area contributed by atoms with Crippen LogP contribution < -0.4 is 16.0 Å². The van der Waals surface area contributed by atoms with Gasteiger partial charge in [0.15, 0.2) is 0 Å². The fourth-order valence-electron chi connectivity index (χ4n) is 1.51. The second-order valence-electron chi connectivity index (χ2n) is 3.79. The summed E-state index contributed by atoms with van der Waals surface area (Å²) in [7, 11) is 0. The number of nitrogens with one attached hydrogen (secondary N) is 1. The predicted molar refractivity (Wildman–Crippen MR) is 65.8 cm³/mol. The second-order valence-corrected chi connectivity index (χ2v) is 3.79. The zero-order valence-corrected chi connectivity index (χ0v) is 10.1. The number of nitrogen functional groups attached to an aromatic ring is 1. The van der Waals surface area contributed by atoms with Crippen LogP contribution in [0.4, 0.5) is 10.2 Å². The van der Waals surface area contributed by atoms with Crippen LogP contribution in [-0.4, -0.2) is 9.97 Å². The van der Waals surface area contributed by atoms with E-state index in [0.717, 1.165) is 0 Å². The van der Waals surface area contributed by atoms with E-state index in [-0.39, 0.29) is 5.82 Å². The van der Waals surface area contributed by atoms with Crippen LogP contribution in [0.15, 0.2) is 24.3 Å². The maximum absolute atomic E-state index is 13.0. The Bertz CT molecular complexity index is 574. The minimum absolute atomic E-state index is 0.303. The number of aryl methyl sites for hydroxylation is 2. The van der Waals surface area contributed by atoms with Gasteiger partial charge >= 0.3 is 0 Å². The molecule has 0 aliphatic heterocycles. The lowest BCUT2D eigenvalue weighted by Crippen LogP contribution is -2.09.